The molecule has 0 bridgehead atoms. The lowest BCUT2D eigenvalue weighted by molar-refractivity contribution is -0.147. The van der Waals surface area contributed by atoms with E-state index in [9.17, 15) is 18.0 Å². The quantitative estimate of drug-likeness (QED) is 0.907. The van der Waals surface area contributed by atoms with E-state index >= 15 is 0 Å². The number of aliphatic carboxylic acids is 1. The molecule has 1 unspecified atom stereocenters. The van der Waals surface area contributed by atoms with Crippen LogP contribution in [0.3, 0.4) is 0 Å². The van der Waals surface area contributed by atoms with Crippen LogP contribution in [0.15, 0.2) is 24.3 Å². The molecule has 1 heterocycles. The van der Waals surface area contributed by atoms with Gasteiger partial charge in [0.15, 0.2) is 0 Å². The molecule has 2 rings (SSSR count). The Hall–Kier alpha value is -1.76. The highest BCUT2D eigenvalue weighted by molar-refractivity contribution is 5.74. The van der Waals surface area contributed by atoms with Crippen LogP contribution in [0, 0.1) is 5.41 Å². The molecule has 1 aliphatic heterocycles. The molecule has 0 amide bonds. The van der Waals surface area contributed by atoms with Crippen molar-refractivity contribution in [3.63, 3.8) is 0 Å². The van der Waals surface area contributed by atoms with E-state index < -0.39 is 23.1 Å². The third-order valence-corrected chi connectivity index (χ3v) is 3.93. The Bertz CT molecular complexity index is 547. The first-order valence-electron chi connectivity index (χ1n) is 6.97. The first-order chi connectivity index (χ1) is 10.2. The number of para-hydroxylation sites is 1. The molecule has 0 radical (unpaired) electrons. The van der Waals surface area contributed by atoms with Crippen molar-refractivity contribution in [3.8, 4) is 5.75 Å². The van der Waals surface area contributed by atoms with E-state index in [1.165, 1.54) is 18.2 Å². The molecule has 1 atom stereocenters. The number of carboxylic acid groups (broad SMARTS) is 1. The molecule has 1 aromatic rings. The molecule has 0 saturated carbocycles. The molecular formula is C15H18F3NO3. The largest absolute Gasteiger partial charge is 0.492 e. The molecule has 7 heteroatoms. The lowest BCUT2D eigenvalue weighted by atomic mass is 9.90. The number of likely N-dealkylation sites (tertiary alicyclic amines) is 1. The standard InChI is InChI=1S/C15H18F3NO3/c1-14(13(20)21)6-7-19(10-14)8-9-22-12-5-3-2-4-11(12)15(16,17)18/h2-5H,6-10H2,1H3,(H,20,21). The molecule has 1 N–H and O–H groups in total. The van der Waals surface area contributed by atoms with Crippen LogP contribution in [0.5, 0.6) is 5.75 Å². The lowest BCUT2D eigenvalue weighted by Gasteiger charge is -2.20. The highest BCUT2D eigenvalue weighted by atomic mass is 19.4. The summed E-state index contributed by atoms with van der Waals surface area (Å²) in [6.45, 7) is 3.15. The summed E-state index contributed by atoms with van der Waals surface area (Å²) in [4.78, 5) is 13.0. The predicted octanol–water partition coefficient (Wildman–Crippen LogP) is 2.88. The maximum atomic E-state index is 12.8. The molecule has 1 saturated heterocycles. The second kappa shape index (κ2) is 6.16. The molecule has 1 aromatic carbocycles. The number of carboxylic acids is 1. The Kier molecular flexibility index (Phi) is 4.65. The van der Waals surface area contributed by atoms with Crippen LogP contribution in [0.4, 0.5) is 13.2 Å². The Morgan fingerprint density at radius 3 is 2.68 bits per heavy atom. The zero-order chi connectivity index (χ0) is 16.4. The lowest BCUT2D eigenvalue weighted by Crippen LogP contribution is -2.33. The van der Waals surface area contributed by atoms with Gasteiger partial charge in [0.1, 0.15) is 12.4 Å². The number of benzene rings is 1. The van der Waals surface area contributed by atoms with Gasteiger partial charge in [0, 0.05) is 13.1 Å². The summed E-state index contributed by atoms with van der Waals surface area (Å²) in [6, 6.07) is 5.07. The minimum atomic E-state index is -4.45. The van der Waals surface area contributed by atoms with Crippen molar-refractivity contribution in [2.45, 2.75) is 19.5 Å². The zero-order valence-corrected chi connectivity index (χ0v) is 12.2. The molecule has 122 valence electrons. The van der Waals surface area contributed by atoms with Crippen molar-refractivity contribution in [1.29, 1.82) is 0 Å². The smallest absolute Gasteiger partial charge is 0.419 e. The van der Waals surface area contributed by atoms with Crippen LogP contribution >= 0.6 is 0 Å². The number of hydrogen-bond acceptors (Lipinski definition) is 3. The first kappa shape index (κ1) is 16.6. The average molecular weight is 317 g/mol. The van der Waals surface area contributed by atoms with E-state index in [0.29, 0.717) is 26.1 Å². The minimum absolute atomic E-state index is 0.0861. The Morgan fingerprint density at radius 2 is 2.09 bits per heavy atom. The number of nitrogens with zero attached hydrogens (tertiary/aromatic N) is 1. The molecular weight excluding hydrogens is 299 g/mol. The van der Waals surface area contributed by atoms with Gasteiger partial charge in [-0.1, -0.05) is 12.1 Å². The van der Waals surface area contributed by atoms with Crippen molar-refractivity contribution >= 4 is 5.97 Å². The van der Waals surface area contributed by atoms with Gasteiger partial charge in [0.2, 0.25) is 0 Å². The molecule has 22 heavy (non-hydrogen) atoms. The molecule has 0 spiro atoms. The van der Waals surface area contributed by atoms with E-state index in [1.807, 2.05) is 4.90 Å². The van der Waals surface area contributed by atoms with Crippen molar-refractivity contribution in [1.82, 2.24) is 4.90 Å². The van der Waals surface area contributed by atoms with E-state index in [0.717, 1.165) is 6.07 Å². The van der Waals surface area contributed by atoms with Gasteiger partial charge in [-0.3, -0.25) is 9.69 Å². The van der Waals surface area contributed by atoms with Crippen molar-refractivity contribution in [2.75, 3.05) is 26.2 Å². The SMILES string of the molecule is CC1(C(=O)O)CCN(CCOc2ccccc2C(F)(F)F)C1. The molecule has 4 nitrogen and oxygen atoms in total. The topological polar surface area (TPSA) is 49.8 Å². The van der Waals surface area contributed by atoms with Gasteiger partial charge in [-0.25, -0.2) is 0 Å². The predicted molar refractivity (Wildman–Crippen MR) is 73.7 cm³/mol. The number of ether oxygens (including phenoxy) is 1. The van der Waals surface area contributed by atoms with Crippen LogP contribution in [0.25, 0.3) is 0 Å². The normalized spacial score (nSPS) is 22.7. The summed E-state index contributed by atoms with van der Waals surface area (Å²) in [5, 5.41) is 9.14. The fourth-order valence-electron chi connectivity index (χ4n) is 2.53. The Labute approximate surface area is 126 Å². The van der Waals surface area contributed by atoms with Gasteiger partial charge >= 0.3 is 12.1 Å². The molecule has 1 fully saturated rings. The van der Waals surface area contributed by atoms with Crippen LogP contribution in [-0.4, -0.2) is 42.2 Å². The molecule has 0 aliphatic carbocycles. The van der Waals surface area contributed by atoms with Gasteiger partial charge in [0.05, 0.1) is 11.0 Å². The monoisotopic (exact) mass is 317 g/mol. The molecule has 1 aliphatic rings. The second-order valence-corrected chi connectivity index (χ2v) is 5.73. The van der Waals surface area contributed by atoms with Crippen molar-refractivity contribution < 1.29 is 27.8 Å². The summed E-state index contributed by atoms with van der Waals surface area (Å²) in [6.07, 6.45) is -3.92. The first-order valence-corrected chi connectivity index (χ1v) is 6.97. The van der Waals surface area contributed by atoms with Crippen LogP contribution < -0.4 is 4.74 Å². The van der Waals surface area contributed by atoms with Crippen LogP contribution in [0.1, 0.15) is 18.9 Å². The number of halogens is 3. The fourth-order valence-corrected chi connectivity index (χ4v) is 2.53. The Morgan fingerprint density at radius 1 is 1.41 bits per heavy atom. The van der Waals surface area contributed by atoms with Crippen molar-refractivity contribution in [2.24, 2.45) is 5.41 Å². The van der Waals surface area contributed by atoms with Crippen molar-refractivity contribution in [3.05, 3.63) is 29.8 Å². The average Bonchev–Trinajstić information content (AvgIpc) is 2.81. The van der Waals surface area contributed by atoms with E-state index in [-0.39, 0.29) is 12.4 Å². The van der Waals surface area contributed by atoms with Gasteiger partial charge in [0.25, 0.3) is 0 Å². The van der Waals surface area contributed by atoms with Gasteiger partial charge in [-0.15, -0.1) is 0 Å². The van der Waals surface area contributed by atoms with Crippen LogP contribution in [0.2, 0.25) is 0 Å². The summed E-state index contributed by atoms with van der Waals surface area (Å²) in [7, 11) is 0. The highest BCUT2D eigenvalue weighted by Crippen LogP contribution is 2.36. The molecule has 0 aromatic heterocycles. The fraction of sp³-hybridized carbons (Fsp3) is 0.533. The minimum Gasteiger partial charge on any atom is -0.492 e. The number of hydrogen-bond donors (Lipinski definition) is 1. The maximum Gasteiger partial charge on any atom is 0.419 e. The third-order valence-electron chi connectivity index (χ3n) is 3.93. The van der Waals surface area contributed by atoms with Gasteiger partial charge in [-0.2, -0.15) is 13.2 Å². The van der Waals surface area contributed by atoms with E-state index in [1.54, 1.807) is 6.92 Å². The van der Waals surface area contributed by atoms with Gasteiger partial charge in [-0.05, 0) is 32.0 Å². The maximum absolute atomic E-state index is 12.8. The number of carbonyl (C=O) groups is 1. The zero-order valence-electron chi connectivity index (χ0n) is 12.2. The summed E-state index contributed by atoms with van der Waals surface area (Å²) in [5.41, 5.74) is -1.59. The highest BCUT2D eigenvalue weighted by Gasteiger charge is 2.40. The summed E-state index contributed by atoms with van der Waals surface area (Å²) < 4.78 is 43.7. The summed E-state index contributed by atoms with van der Waals surface area (Å²) in [5.74, 6) is -1.05. The van der Waals surface area contributed by atoms with Crippen LogP contribution in [-0.2, 0) is 11.0 Å². The summed E-state index contributed by atoms with van der Waals surface area (Å²) >= 11 is 0. The third kappa shape index (κ3) is 3.71. The number of alkyl halides is 3. The van der Waals surface area contributed by atoms with E-state index in [2.05, 4.69) is 0 Å². The van der Waals surface area contributed by atoms with Gasteiger partial charge < -0.3 is 9.84 Å². The van der Waals surface area contributed by atoms with E-state index in [4.69, 9.17) is 9.84 Å². The second-order valence-electron chi connectivity index (χ2n) is 5.73. The number of rotatable bonds is 5. The Balaban J connectivity index is 1.90.